The molecule has 1 atom stereocenters. The minimum absolute atomic E-state index is 0.180. The summed E-state index contributed by atoms with van der Waals surface area (Å²) in [6.45, 7) is 0. The van der Waals surface area contributed by atoms with E-state index in [2.05, 4.69) is 15.9 Å². The predicted molar refractivity (Wildman–Crippen MR) is 95.0 cm³/mol. The minimum Gasteiger partial charge on any atom is -0.481 e. The number of carbonyl (C=O) groups is 2. The first-order valence-electron chi connectivity index (χ1n) is 7.60. The Bertz CT molecular complexity index is 641. The topological polar surface area (TPSA) is 70.0 Å². The van der Waals surface area contributed by atoms with Gasteiger partial charge in [0.15, 0.2) is 5.17 Å². The Kier molecular flexibility index (Phi) is 5.06. The third-order valence-electron chi connectivity index (χ3n) is 4.00. The van der Waals surface area contributed by atoms with E-state index in [1.807, 2.05) is 24.3 Å². The minimum atomic E-state index is -0.964. The SMILES string of the molecule is O=C(O)CC1SC(=NC2CCCC2)N(c2ccc(Br)cc2)C1=O. The molecule has 1 aromatic carbocycles. The summed E-state index contributed by atoms with van der Waals surface area (Å²) in [6.07, 6.45) is 4.22. The Morgan fingerprint density at radius 3 is 2.57 bits per heavy atom. The fraction of sp³-hybridized carbons (Fsp3) is 0.438. The molecule has 0 spiro atoms. The van der Waals surface area contributed by atoms with Gasteiger partial charge in [0.25, 0.3) is 0 Å². The van der Waals surface area contributed by atoms with Crippen LogP contribution in [0, 0.1) is 0 Å². The number of aliphatic imine (C=N–C) groups is 1. The number of hydrogen-bond acceptors (Lipinski definition) is 4. The second-order valence-corrected chi connectivity index (χ2v) is 7.79. The van der Waals surface area contributed by atoms with Crippen molar-refractivity contribution < 1.29 is 14.7 Å². The van der Waals surface area contributed by atoms with Gasteiger partial charge in [0.1, 0.15) is 5.25 Å². The molecule has 1 unspecified atom stereocenters. The molecule has 5 nitrogen and oxygen atoms in total. The van der Waals surface area contributed by atoms with Gasteiger partial charge in [0.05, 0.1) is 18.2 Å². The lowest BCUT2D eigenvalue weighted by atomic mass is 10.2. The lowest BCUT2D eigenvalue weighted by molar-refractivity contribution is -0.138. The highest BCUT2D eigenvalue weighted by atomic mass is 79.9. The van der Waals surface area contributed by atoms with Gasteiger partial charge in [0, 0.05) is 4.47 Å². The molecule has 1 aromatic rings. The van der Waals surface area contributed by atoms with Gasteiger partial charge in [-0.1, -0.05) is 40.5 Å². The summed E-state index contributed by atoms with van der Waals surface area (Å²) in [5, 5.41) is 9.06. The number of rotatable bonds is 4. The number of carbonyl (C=O) groups excluding carboxylic acids is 1. The fourth-order valence-corrected chi connectivity index (χ4v) is 4.32. The van der Waals surface area contributed by atoms with Crippen LogP contribution in [0.3, 0.4) is 0 Å². The fourth-order valence-electron chi connectivity index (χ4n) is 2.86. The molecule has 7 heteroatoms. The normalized spacial score (nSPS) is 23.9. The maximum atomic E-state index is 12.7. The average Bonchev–Trinajstić information content (AvgIpc) is 3.10. The molecule has 2 aliphatic rings. The summed E-state index contributed by atoms with van der Waals surface area (Å²) in [7, 11) is 0. The van der Waals surface area contributed by atoms with Gasteiger partial charge in [-0.2, -0.15) is 0 Å². The molecule has 1 heterocycles. The quantitative estimate of drug-likeness (QED) is 0.842. The Labute approximate surface area is 147 Å². The molecule has 0 bridgehead atoms. The maximum Gasteiger partial charge on any atom is 0.305 e. The zero-order chi connectivity index (χ0) is 16.4. The summed E-state index contributed by atoms with van der Waals surface area (Å²) in [5.74, 6) is -1.16. The van der Waals surface area contributed by atoms with Crippen LogP contribution in [-0.4, -0.2) is 33.4 Å². The molecule has 0 radical (unpaired) electrons. The Balaban J connectivity index is 1.91. The highest BCUT2D eigenvalue weighted by molar-refractivity contribution is 9.10. The van der Waals surface area contributed by atoms with E-state index < -0.39 is 11.2 Å². The molecule has 1 N–H and O–H groups in total. The summed E-state index contributed by atoms with van der Waals surface area (Å²) in [5.41, 5.74) is 0.732. The van der Waals surface area contributed by atoms with Gasteiger partial charge in [-0.15, -0.1) is 0 Å². The van der Waals surface area contributed by atoms with E-state index in [1.54, 1.807) is 4.90 Å². The molecule has 23 heavy (non-hydrogen) atoms. The van der Waals surface area contributed by atoms with Gasteiger partial charge in [0.2, 0.25) is 5.91 Å². The summed E-state index contributed by atoms with van der Waals surface area (Å²) in [6, 6.07) is 7.66. The van der Waals surface area contributed by atoms with E-state index in [0.717, 1.165) is 35.8 Å². The largest absolute Gasteiger partial charge is 0.481 e. The molecule has 0 aromatic heterocycles. The first-order chi connectivity index (χ1) is 11.0. The molecule has 122 valence electrons. The number of amidine groups is 1. The van der Waals surface area contributed by atoms with Gasteiger partial charge < -0.3 is 5.11 Å². The second-order valence-electron chi connectivity index (χ2n) is 5.70. The number of thioether (sulfide) groups is 1. The van der Waals surface area contributed by atoms with E-state index >= 15 is 0 Å². The number of nitrogens with zero attached hydrogens (tertiary/aromatic N) is 2. The van der Waals surface area contributed by atoms with Gasteiger partial charge in [-0.25, -0.2) is 0 Å². The van der Waals surface area contributed by atoms with Crippen LogP contribution in [0.25, 0.3) is 0 Å². The summed E-state index contributed by atoms with van der Waals surface area (Å²) < 4.78 is 0.928. The maximum absolute atomic E-state index is 12.7. The van der Waals surface area contributed by atoms with E-state index in [1.165, 1.54) is 11.8 Å². The van der Waals surface area contributed by atoms with Crippen molar-refractivity contribution in [1.29, 1.82) is 0 Å². The molecule has 2 fully saturated rings. The van der Waals surface area contributed by atoms with Crippen molar-refractivity contribution in [2.45, 2.75) is 43.4 Å². The average molecular weight is 397 g/mol. The van der Waals surface area contributed by atoms with Crippen LogP contribution in [0.1, 0.15) is 32.1 Å². The zero-order valence-corrected chi connectivity index (χ0v) is 14.8. The van der Waals surface area contributed by atoms with E-state index in [4.69, 9.17) is 10.1 Å². The third-order valence-corrected chi connectivity index (χ3v) is 5.68. The highest BCUT2D eigenvalue weighted by Gasteiger charge is 2.40. The van der Waals surface area contributed by atoms with Crippen LogP contribution in [0.4, 0.5) is 5.69 Å². The Morgan fingerprint density at radius 2 is 1.96 bits per heavy atom. The molecular formula is C16H17BrN2O3S. The molecule has 3 rings (SSSR count). The van der Waals surface area contributed by atoms with Crippen molar-refractivity contribution in [2.75, 3.05) is 4.90 Å². The second kappa shape index (κ2) is 7.05. The van der Waals surface area contributed by atoms with E-state index in [-0.39, 0.29) is 18.4 Å². The van der Waals surface area contributed by atoms with Crippen LogP contribution in [0.5, 0.6) is 0 Å². The lowest BCUT2D eigenvalue weighted by Crippen LogP contribution is -2.33. The third kappa shape index (κ3) is 3.77. The van der Waals surface area contributed by atoms with Crippen molar-refractivity contribution in [2.24, 2.45) is 4.99 Å². The molecule has 1 aliphatic carbocycles. The number of anilines is 1. The van der Waals surface area contributed by atoms with Gasteiger partial charge in [-0.3, -0.25) is 19.5 Å². The standard InChI is InChI=1S/C16H17BrN2O3S/c17-10-5-7-12(8-6-10)19-15(22)13(9-14(20)21)23-16(19)18-11-3-1-2-4-11/h5-8,11,13H,1-4,9H2,(H,20,21). The van der Waals surface area contributed by atoms with Gasteiger partial charge >= 0.3 is 5.97 Å². The zero-order valence-electron chi connectivity index (χ0n) is 12.4. The van der Waals surface area contributed by atoms with Crippen molar-refractivity contribution in [3.63, 3.8) is 0 Å². The van der Waals surface area contributed by atoms with Crippen LogP contribution in [0.15, 0.2) is 33.7 Å². The Hall–Kier alpha value is -1.34. The van der Waals surface area contributed by atoms with Crippen molar-refractivity contribution in [3.05, 3.63) is 28.7 Å². The number of carboxylic acids is 1. The number of carboxylic acid groups (broad SMARTS) is 1. The first kappa shape index (κ1) is 16.5. The number of amides is 1. The van der Waals surface area contributed by atoms with E-state index in [9.17, 15) is 9.59 Å². The van der Waals surface area contributed by atoms with Crippen LogP contribution < -0.4 is 4.90 Å². The smallest absolute Gasteiger partial charge is 0.305 e. The monoisotopic (exact) mass is 396 g/mol. The lowest BCUT2D eigenvalue weighted by Gasteiger charge is -2.17. The number of benzene rings is 1. The summed E-state index contributed by atoms with van der Waals surface area (Å²) in [4.78, 5) is 30.0. The number of halogens is 1. The molecule has 1 saturated carbocycles. The number of aliphatic carboxylic acids is 1. The van der Waals surface area contributed by atoms with E-state index in [0.29, 0.717) is 5.17 Å². The first-order valence-corrected chi connectivity index (χ1v) is 9.27. The van der Waals surface area contributed by atoms with Crippen LogP contribution in [0.2, 0.25) is 0 Å². The highest BCUT2D eigenvalue weighted by Crippen LogP contribution is 2.35. The molecular weight excluding hydrogens is 380 g/mol. The Morgan fingerprint density at radius 1 is 1.30 bits per heavy atom. The molecule has 1 saturated heterocycles. The molecule has 1 amide bonds. The summed E-state index contributed by atoms with van der Waals surface area (Å²) >= 11 is 4.66. The molecule has 1 aliphatic heterocycles. The number of hydrogen-bond donors (Lipinski definition) is 1. The predicted octanol–water partition coefficient (Wildman–Crippen LogP) is 3.67. The van der Waals surface area contributed by atoms with Crippen LogP contribution >= 0.6 is 27.7 Å². The van der Waals surface area contributed by atoms with Crippen molar-refractivity contribution in [1.82, 2.24) is 0 Å². The van der Waals surface area contributed by atoms with Crippen molar-refractivity contribution >= 4 is 50.4 Å². The van der Waals surface area contributed by atoms with Gasteiger partial charge in [-0.05, 0) is 37.1 Å². The van der Waals surface area contributed by atoms with Crippen LogP contribution in [-0.2, 0) is 9.59 Å². The van der Waals surface area contributed by atoms with Crippen molar-refractivity contribution in [3.8, 4) is 0 Å².